The first-order valence-electron chi connectivity index (χ1n) is 9.46. The molecule has 0 aliphatic heterocycles. The van der Waals surface area contributed by atoms with Crippen LogP contribution in [0, 0.1) is 0 Å². The summed E-state index contributed by atoms with van der Waals surface area (Å²) in [4.78, 5) is 23.0. The molecule has 31 heavy (non-hydrogen) atoms. The molecule has 7 nitrogen and oxygen atoms in total. The quantitative estimate of drug-likeness (QED) is 0.787. The molecule has 1 unspecified atom stereocenters. The molecule has 0 heterocycles. The molecule has 0 aromatic heterocycles. The number of carbonyl (C=O) groups is 2. The van der Waals surface area contributed by atoms with Crippen LogP contribution in [0.5, 0.6) is 11.5 Å². The highest BCUT2D eigenvalue weighted by molar-refractivity contribution is 6.15. The van der Waals surface area contributed by atoms with E-state index in [1.165, 1.54) is 26.2 Å². The van der Waals surface area contributed by atoms with Crippen molar-refractivity contribution in [3.05, 3.63) is 70.8 Å². The van der Waals surface area contributed by atoms with Gasteiger partial charge in [-0.2, -0.15) is 0 Å². The maximum atomic E-state index is 11.6. The Bertz CT molecular complexity index is 1100. The van der Waals surface area contributed by atoms with Crippen molar-refractivity contribution < 1.29 is 33.6 Å². The van der Waals surface area contributed by atoms with Gasteiger partial charge >= 0.3 is 0 Å². The average molecular weight is 424 g/mol. The lowest BCUT2D eigenvalue weighted by Gasteiger charge is -2.18. The molecule has 0 saturated carbocycles. The normalized spacial score (nSPS) is 18.1. The van der Waals surface area contributed by atoms with Crippen molar-refractivity contribution in [2.45, 2.75) is 12.5 Å². The summed E-state index contributed by atoms with van der Waals surface area (Å²) >= 11 is 0. The van der Waals surface area contributed by atoms with Crippen LogP contribution < -0.4 is 9.47 Å². The molecule has 1 N–H and O–H groups in total. The van der Waals surface area contributed by atoms with E-state index in [-0.39, 0.29) is 11.6 Å². The number of carbonyl (C=O) groups excluding carboxylic acids is 2. The van der Waals surface area contributed by atoms with Crippen LogP contribution in [0.1, 0.15) is 34.0 Å². The zero-order valence-electron chi connectivity index (χ0n) is 18.0. The first kappa shape index (κ1) is 22.1. The predicted octanol–water partition coefficient (Wildman–Crippen LogP) is 3.35. The Morgan fingerprint density at radius 2 is 1.39 bits per heavy atom. The van der Waals surface area contributed by atoms with Gasteiger partial charge in [0.15, 0.2) is 17.2 Å². The molecule has 0 radical (unpaired) electrons. The number of methoxy groups -OCH3 is 4. The maximum absolute atomic E-state index is 11.6. The smallest absolute Gasteiger partial charge is 0.190 e. The molecule has 0 bridgehead atoms. The molecule has 4 rings (SSSR count). The molecular formula is C24H24O7. The number of benzene rings is 2. The summed E-state index contributed by atoms with van der Waals surface area (Å²) in [7, 11) is 6.20. The van der Waals surface area contributed by atoms with Crippen molar-refractivity contribution in [3.63, 3.8) is 0 Å². The number of aliphatic hydroxyl groups is 1. The highest BCUT2D eigenvalue weighted by Crippen LogP contribution is 2.41. The average Bonchev–Trinajstić information content (AvgIpc) is 3.27. The van der Waals surface area contributed by atoms with E-state index in [4.69, 9.17) is 18.9 Å². The van der Waals surface area contributed by atoms with Gasteiger partial charge in [0.05, 0.1) is 28.4 Å². The number of fused-ring (bicyclic) bond motifs is 2. The van der Waals surface area contributed by atoms with Gasteiger partial charge < -0.3 is 24.1 Å². The Labute approximate surface area is 180 Å². The summed E-state index contributed by atoms with van der Waals surface area (Å²) in [5.74, 6) is 2.11. The fourth-order valence-electron chi connectivity index (χ4n) is 3.50. The van der Waals surface area contributed by atoms with Crippen LogP contribution in [0.4, 0.5) is 0 Å². The van der Waals surface area contributed by atoms with E-state index in [0.29, 0.717) is 34.0 Å². The minimum absolute atomic E-state index is 0.0143. The third-order valence-corrected chi connectivity index (χ3v) is 5.24. The van der Waals surface area contributed by atoms with Crippen LogP contribution in [0.25, 0.3) is 11.5 Å². The van der Waals surface area contributed by atoms with Crippen LogP contribution in [-0.2, 0) is 19.9 Å². The molecule has 7 heteroatoms. The fourth-order valence-corrected chi connectivity index (χ4v) is 3.50. The van der Waals surface area contributed by atoms with Gasteiger partial charge in [0.25, 0.3) is 0 Å². The standard InChI is InChI=1S/C13H14O4.C11H10O3/c1-8(14)13(15)7-12(17-3)10-6-9(16-2)4-5-11(10)13;1-13-7-3-4-8-9(5-7)11(14-2)6-10(8)12/h4-7,15H,1-3H3;3-6H,1-2H3. The van der Waals surface area contributed by atoms with Crippen molar-refractivity contribution in [3.8, 4) is 11.5 Å². The third-order valence-electron chi connectivity index (χ3n) is 5.24. The Morgan fingerprint density at radius 1 is 0.806 bits per heavy atom. The van der Waals surface area contributed by atoms with Gasteiger partial charge in [0.1, 0.15) is 23.0 Å². The van der Waals surface area contributed by atoms with Crippen molar-refractivity contribution >= 4 is 23.1 Å². The molecule has 0 fully saturated rings. The lowest BCUT2D eigenvalue weighted by atomic mass is 9.92. The molecular weight excluding hydrogens is 400 g/mol. The van der Waals surface area contributed by atoms with E-state index < -0.39 is 5.60 Å². The summed E-state index contributed by atoms with van der Waals surface area (Å²) in [5, 5.41) is 10.3. The zero-order chi connectivity index (χ0) is 22.8. The second-order valence-corrected chi connectivity index (χ2v) is 6.94. The van der Waals surface area contributed by atoms with E-state index in [1.54, 1.807) is 57.7 Å². The second kappa shape index (κ2) is 8.65. The Kier molecular flexibility index (Phi) is 6.17. The monoisotopic (exact) mass is 424 g/mol. The zero-order valence-corrected chi connectivity index (χ0v) is 18.0. The van der Waals surface area contributed by atoms with Crippen LogP contribution in [0.2, 0.25) is 0 Å². The molecule has 1 atom stereocenters. The van der Waals surface area contributed by atoms with Crippen molar-refractivity contribution in [2.75, 3.05) is 28.4 Å². The van der Waals surface area contributed by atoms with Crippen LogP contribution in [0.15, 0.2) is 48.6 Å². The third kappa shape index (κ3) is 3.92. The Balaban J connectivity index is 0.000000179. The molecule has 0 saturated heterocycles. The number of rotatable bonds is 5. The number of ketones is 2. The molecule has 162 valence electrons. The summed E-state index contributed by atoms with van der Waals surface area (Å²) < 4.78 is 20.5. The van der Waals surface area contributed by atoms with E-state index >= 15 is 0 Å². The number of hydrogen-bond donors (Lipinski definition) is 1. The summed E-state index contributed by atoms with van der Waals surface area (Å²) in [6, 6.07) is 10.4. The molecule has 2 aromatic carbocycles. The Morgan fingerprint density at radius 3 is 1.94 bits per heavy atom. The van der Waals surface area contributed by atoms with E-state index in [0.717, 1.165) is 11.3 Å². The largest absolute Gasteiger partial charge is 0.497 e. The number of hydrogen-bond acceptors (Lipinski definition) is 7. The van der Waals surface area contributed by atoms with Crippen molar-refractivity contribution in [1.82, 2.24) is 0 Å². The topological polar surface area (TPSA) is 91.3 Å². The van der Waals surface area contributed by atoms with Crippen LogP contribution in [0.3, 0.4) is 0 Å². The number of ether oxygens (including phenoxy) is 4. The van der Waals surface area contributed by atoms with Crippen molar-refractivity contribution in [1.29, 1.82) is 0 Å². The Hall–Kier alpha value is -3.58. The van der Waals surface area contributed by atoms with Gasteiger partial charge in [0, 0.05) is 34.4 Å². The second-order valence-electron chi connectivity index (χ2n) is 6.94. The van der Waals surface area contributed by atoms with Crippen LogP contribution in [-0.4, -0.2) is 45.1 Å². The fraction of sp³-hybridized carbons (Fsp3) is 0.250. The van der Waals surface area contributed by atoms with Gasteiger partial charge in [0.2, 0.25) is 0 Å². The first-order chi connectivity index (χ1) is 14.8. The predicted molar refractivity (Wildman–Crippen MR) is 115 cm³/mol. The molecule has 2 aromatic rings. The SMILES string of the molecule is COC1=CC(=O)c2ccc(OC)cc21.COC1=CC(O)(C(C)=O)c2ccc(OC)cc21. The summed E-state index contributed by atoms with van der Waals surface area (Å²) in [6.07, 6.45) is 2.92. The molecule has 0 spiro atoms. The number of allylic oxidation sites excluding steroid dienone is 1. The summed E-state index contributed by atoms with van der Waals surface area (Å²) in [5.41, 5.74) is 1.10. The maximum Gasteiger partial charge on any atom is 0.190 e. The molecule has 0 amide bonds. The van der Waals surface area contributed by atoms with E-state index in [2.05, 4.69) is 0 Å². The van der Waals surface area contributed by atoms with Gasteiger partial charge in [-0.05, 0) is 37.3 Å². The van der Waals surface area contributed by atoms with Gasteiger partial charge in [-0.25, -0.2) is 0 Å². The summed E-state index contributed by atoms with van der Waals surface area (Å²) in [6.45, 7) is 1.35. The van der Waals surface area contributed by atoms with Gasteiger partial charge in [-0.1, -0.05) is 6.07 Å². The van der Waals surface area contributed by atoms with Crippen molar-refractivity contribution in [2.24, 2.45) is 0 Å². The van der Waals surface area contributed by atoms with E-state index in [9.17, 15) is 14.7 Å². The van der Waals surface area contributed by atoms with E-state index in [1.807, 2.05) is 0 Å². The molecule has 2 aliphatic carbocycles. The van der Waals surface area contributed by atoms with Gasteiger partial charge in [-0.15, -0.1) is 0 Å². The highest BCUT2D eigenvalue weighted by Gasteiger charge is 2.41. The first-order valence-corrected chi connectivity index (χ1v) is 9.46. The lowest BCUT2D eigenvalue weighted by Crippen LogP contribution is -2.29. The van der Waals surface area contributed by atoms with Crippen LogP contribution >= 0.6 is 0 Å². The lowest BCUT2D eigenvalue weighted by molar-refractivity contribution is -0.131. The minimum Gasteiger partial charge on any atom is -0.497 e. The highest BCUT2D eigenvalue weighted by atomic mass is 16.5. The van der Waals surface area contributed by atoms with Gasteiger partial charge in [-0.3, -0.25) is 9.59 Å². The minimum atomic E-state index is -1.59. The number of Topliss-reactive ketones (excluding diaryl/α,β-unsaturated/α-hetero) is 1. The molecule has 2 aliphatic rings.